The van der Waals surface area contributed by atoms with Crippen LogP contribution in [0.4, 0.5) is 25.0 Å². The molecule has 3 N–H and O–H groups in total. The van der Waals surface area contributed by atoms with Gasteiger partial charge >= 0.3 is 11.8 Å². The number of nitrogens with zero attached hydrogens (tertiary/aromatic N) is 2. The summed E-state index contributed by atoms with van der Waals surface area (Å²) in [5.74, 6) is -2.90. The molecule has 0 saturated carbocycles. The van der Waals surface area contributed by atoms with Gasteiger partial charge in [-0.25, -0.2) is 13.6 Å². The average molecular weight is 428 g/mol. The molecule has 3 aromatic carbocycles. The number of carbonyl (C=O) groups is 1. The number of hydrogen-bond donors (Lipinski definition) is 2. The standard InChI is InChI=1S/C20H14F2N4O5/c21-13-7-9-17(15(22)11-13)30-18-8-6-12(10-16(18)26(28)29)19(23)25-31-20(27)24-14-4-2-1-3-5-14/h1-11H,(H2,23,25)(H,24,27). The van der Waals surface area contributed by atoms with Gasteiger partial charge in [-0.15, -0.1) is 0 Å². The number of hydrogen-bond acceptors (Lipinski definition) is 6. The van der Waals surface area contributed by atoms with Crippen molar-refractivity contribution in [3.63, 3.8) is 0 Å². The zero-order chi connectivity index (χ0) is 22.4. The number of benzene rings is 3. The molecule has 11 heteroatoms. The normalized spacial score (nSPS) is 11.0. The molecule has 0 fully saturated rings. The average Bonchev–Trinajstić information content (AvgIpc) is 2.74. The van der Waals surface area contributed by atoms with Crippen LogP contribution < -0.4 is 15.8 Å². The largest absolute Gasteiger partial charge is 0.447 e. The van der Waals surface area contributed by atoms with Crippen LogP contribution in [-0.4, -0.2) is 16.9 Å². The first-order valence-electron chi connectivity index (χ1n) is 8.61. The van der Waals surface area contributed by atoms with Crippen molar-refractivity contribution in [2.45, 2.75) is 0 Å². The number of nitro groups is 1. The van der Waals surface area contributed by atoms with Gasteiger partial charge in [0.25, 0.3) is 0 Å². The summed E-state index contributed by atoms with van der Waals surface area (Å²) >= 11 is 0. The van der Waals surface area contributed by atoms with Gasteiger partial charge in [0.1, 0.15) is 5.82 Å². The lowest BCUT2D eigenvalue weighted by Gasteiger charge is -2.09. The van der Waals surface area contributed by atoms with E-state index in [-0.39, 0.29) is 17.1 Å². The van der Waals surface area contributed by atoms with Crippen LogP contribution in [0.25, 0.3) is 0 Å². The number of nitro benzene ring substituents is 1. The molecule has 0 aliphatic rings. The van der Waals surface area contributed by atoms with E-state index in [0.717, 1.165) is 24.3 Å². The first-order chi connectivity index (χ1) is 14.8. The second-order valence-corrected chi connectivity index (χ2v) is 5.96. The van der Waals surface area contributed by atoms with Crippen LogP contribution >= 0.6 is 0 Å². The highest BCUT2D eigenvalue weighted by atomic mass is 19.1. The molecule has 0 spiro atoms. The van der Waals surface area contributed by atoms with Crippen molar-refractivity contribution in [3.8, 4) is 11.5 Å². The smallest absolute Gasteiger partial charge is 0.437 e. The number of anilines is 1. The summed E-state index contributed by atoms with van der Waals surface area (Å²) in [7, 11) is 0. The molecule has 31 heavy (non-hydrogen) atoms. The molecule has 0 radical (unpaired) electrons. The SMILES string of the molecule is NC(=NOC(=O)Nc1ccccc1)c1ccc(Oc2ccc(F)cc2F)c([N+](=O)[O-])c1. The molecule has 3 rings (SSSR count). The minimum atomic E-state index is -1.03. The fraction of sp³-hybridized carbons (Fsp3) is 0. The maximum Gasteiger partial charge on any atom is 0.437 e. The zero-order valence-electron chi connectivity index (χ0n) is 15.6. The summed E-state index contributed by atoms with van der Waals surface area (Å²) in [5.41, 5.74) is 5.68. The predicted molar refractivity (Wildman–Crippen MR) is 107 cm³/mol. The van der Waals surface area contributed by atoms with Crippen molar-refractivity contribution in [2.24, 2.45) is 10.9 Å². The van der Waals surface area contributed by atoms with Gasteiger partial charge in [0.15, 0.2) is 17.4 Å². The summed E-state index contributed by atoms with van der Waals surface area (Å²) < 4.78 is 32.0. The highest BCUT2D eigenvalue weighted by Gasteiger charge is 2.20. The first-order valence-corrected chi connectivity index (χ1v) is 8.61. The van der Waals surface area contributed by atoms with Gasteiger partial charge in [-0.3, -0.25) is 20.3 Å². The predicted octanol–water partition coefficient (Wildman–Crippen LogP) is 4.53. The lowest BCUT2D eigenvalue weighted by atomic mass is 10.1. The van der Waals surface area contributed by atoms with Crippen molar-refractivity contribution < 1.29 is 28.1 Å². The highest BCUT2D eigenvalue weighted by molar-refractivity contribution is 5.98. The molecule has 9 nitrogen and oxygen atoms in total. The maximum absolute atomic E-state index is 13.8. The minimum Gasteiger partial charge on any atom is -0.447 e. The Balaban J connectivity index is 1.77. The summed E-state index contributed by atoms with van der Waals surface area (Å²) in [5, 5.41) is 17.2. The summed E-state index contributed by atoms with van der Waals surface area (Å²) in [4.78, 5) is 27.0. The number of nitrogens with two attached hydrogens (primary N) is 1. The first kappa shape index (κ1) is 21.2. The number of ether oxygens (including phenoxy) is 1. The third-order valence-electron chi connectivity index (χ3n) is 3.81. The van der Waals surface area contributed by atoms with Gasteiger partial charge in [0.05, 0.1) is 4.92 Å². The van der Waals surface area contributed by atoms with E-state index in [1.807, 2.05) is 0 Å². The van der Waals surface area contributed by atoms with E-state index in [1.54, 1.807) is 30.3 Å². The van der Waals surface area contributed by atoms with Crippen molar-refractivity contribution in [1.29, 1.82) is 0 Å². The number of carbonyl (C=O) groups excluding carboxylic acids is 1. The Labute approximate surface area is 173 Å². The van der Waals surface area contributed by atoms with Gasteiger partial charge in [0, 0.05) is 23.4 Å². The number of rotatable bonds is 6. The van der Waals surface area contributed by atoms with E-state index in [9.17, 15) is 23.7 Å². The lowest BCUT2D eigenvalue weighted by molar-refractivity contribution is -0.385. The number of para-hydroxylation sites is 1. The zero-order valence-corrected chi connectivity index (χ0v) is 15.6. The summed E-state index contributed by atoms with van der Waals surface area (Å²) in [6.45, 7) is 0. The highest BCUT2D eigenvalue weighted by Crippen LogP contribution is 2.33. The number of halogens is 2. The number of amides is 1. The molecule has 0 aromatic heterocycles. The molecule has 0 unspecified atom stereocenters. The number of nitrogens with one attached hydrogen (secondary N) is 1. The second-order valence-electron chi connectivity index (χ2n) is 5.96. The van der Waals surface area contributed by atoms with E-state index >= 15 is 0 Å². The quantitative estimate of drug-likeness (QED) is 0.195. The van der Waals surface area contributed by atoms with Gasteiger partial charge < -0.3 is 10.5 Å². The number of oxime groups is 1. The van der Waals surface area contributed by atoms with Crippen LogP contribution in [0.1, 0.15) is 5.56 Å². The summed E-state index contributed by atoms with van der Waals surface area (Å²) in [6.07, 6.45) is -0.921. The van der Waals surface area contributed by atoms with Gasteiger partial charge in [-0.2, -0.15) is 0 Å². The fourth-order valence-corrected chi connectivity index (χ4v) is 2.39. The van der Waals surface area contributed by atoms with Gasteiger partial charge in [0.2, 0.25) is 5.75 Å². The van der Waals surface area contributed by atoms with Gasteiger partial charge in [-0.05, 0) is 36.4 Å². The van der Waals surface area contributed by atoms with Gasteiger partial charge in [-0.1, -0.05) is 23.4 Å². The Hall–Kier alpha value is -4.54. The lowest BCUT2D eigenvalue weighted by Crippen LogP contribution is -2.17. The molecule has 0 heterocycles. The Morgan fingerprint density at radius 2 is 1.74 bits per heavy atom. The van der Waals surface area contributed by atoms with Crippen LogP contribution in [0.3, 0.4) is 0 Å². The fourth-order valence-electron chi connectivity index (χ4n) is 2.39. The third-order valence-corrected chi connectivity index (χ3v) is 3.81. The Kier molecular flexibility index (Phi) is 6.36. The third kappa shape index (κ3) is 5.50. The molecule has 0 bridgehead atoms. The molecular formula is C20H14F2N4O5. The van der Waals surface area contributed by atoms with Crippen molar-refractivity contribution in [3.05, 3.63) is 94.0 Å². The summed E-state index contributed by atoms with van der Waals surface area (Å²) in [6, 6.07) is 14.4. The van der Waals surface area contributed by atoms with Crippen molar-refractivity contribution in [2.75, 3.05) is 5.32 Å². The molecule has 3 aromatic rings. The van der Waals surface area contributed by atoms with Crippen LogP contribution in [0, 0.1) is 21.7 Å². The van der Waals surface area contributed by atoms with Crippen LogP contribution in [0.5, 0.6) is 11.5 Å². The van der Waals surface area contributed by atoms with E-state index in [2.05, 4.69) is 15.3 Å². The van der Waals surface area contributed by atoms with E-state index in [4.69, 9.17) is 10.5 Å². The molecule has 0 aliphatic carbocycles. The number of amidine groups is 1. The van der Waals surface area contributed by atoms with Crippen molar-refractivity contribution in [1.82, 2.24) is 0 Å². The van der Waals surface area contributed by atoms with Crippen LogP contribution in [0.2, 0.25) is 0 Å². The second kappa shape index (κ2) is 9.31. The molecular weight excluding hydrogens is 414 g/mol. The van der Waals surface area contributed by atoms with E-state index in [0.29, 0.717) is 11.8 Å². The minimum absolute atomic E-state index is 0.0474. The van der Waals surface area contributed by atoms with E-state index in [1.165, 1.54) is 6.07 Å². The Bertz CT molecular complexity index is 1160. The van der Waals surface area contributed by atoms with Crippen LogP contribution in [-0.2, 0) is 4.84 Å². The Morgan fingerprint density at radius 1 is 1.03 bits per heavy atom. The Morgan fingerprint density at radius 3 is 2.42 bits per heavy atom. The molecule has 158 valence electrons. The topological polar surface area (TPSA) is 129 Å². The van der Waals surface area contributed by atoms with E-state index < -0.39 is 34.1 Å². The van der Waals surface area contributed by atoms with Crippen molar-refractivity contribution >= 4 is 23.3 Å². The molecule has 0 saturated heterocycles. The van der Waals surface area contributed by atoms with Crippen LogP contribution in [0.15, 0.2) is 71.9 Å². The molecule has 1 amide bonds. The molecule has 0 atom stereocenters. The monoisotopic (exact) mass is 428 g/mol. The molecule has 0 aliphatic heterocycles. The maximum atomic E-state index is 13.8.